The zero-order valence-corrected chi connectivity index (χ0v) is 10.4. The number of hydrogen-bond acceptors (Lipinski definition) is 2. The van der Waals surface area contributed by atoms with E-state index in [1.54, 1.807) is 0 Å². The van der Waals surface area contributed by atoms with Crippen LogP contribution in [0.2, 0.25) is 0 Å². The van der Waals surface area contributed by atoms with E-state index in [0.717, 1.165) is 25.7 Å². The Morgan fingerprint density at radius 1 is 0.750 bits per heavy atom. The third-order valence-electron chi connectivity index (χ3n) is 3.50. The Balaban J connectivity index is 2.23. The van der Waals surface area contributed by atoms with Crippen LogP contribution in [0.5, 0.6) is 0 Å². The predicted molar refractivity (Wildman–Crippen MR) is 66.4 cm³/mol. The molecule has 0 saturated heterocycles. The van der Waals surface area contributed by atoms with Crippen molar-refractivity contribution in [3.63, 3.8) is 0 Å². The van der Waals surface area contributed by atoms with Crippen LogP contribution in [0.4, 0.5) is 0 Å². The summed E-state index contributed by atoms with van der Waals surface area (Å²) in [6.45, 7) is 0. The van der Waals surface area contributed by atoms with Crippen LogP contribution in [0, 0.1) is 0 Å². The molecule has 0 heterocycles. The lowest BCUT2D eigenvalue weighted by molar-refractivity contribution is -0.119. The standard InChI is InChI=1S/C14H26O2/c15-13-9-7-5-3-1-2-4-6-8-10-14(16)12-11-13/h13,15H,1-12H2. The molecule has 0 aromatic heterocycles. The van der Waals surface area contributed by atoms with Gasteiger partial charge in [-0.15, -0.1) is 0 Å². The molecule has 16 heavy (non-hydrogen) atoms. The van der Waals surface area contributed by atoms with E-state index in [1.807, 2.05) is 0 Å². The van der Waals surface area contributed by atoms with Gasteiger partial charge in [0.15, 0.2) is 0 Å². The van der Waals surface area contributed by atoms with Crippen molar-refractivity contribution in [2.45, 2.75) is 83.2 Å². The molecule has 2 heteroatoms. The lowest BCUT2D eigenvalue weighted by atomic mass is 9.99. The van der Waals surface area contributed by atoms with Gasteiger partial charge in [0.2, 0.25) is 0 Å². The molecule has 1 unspecified atom stereocenters. The van der Waals surface area contributed by atoms with Crippen molar-refractivity contribution in [3.8, 4) is 0 Å². The first kappa shape index (κ1) is 13.7. The third kappa shape index (κ3) is 7.00. The van der Waals surface area contributed by atoms with Gasteiger partial charge in [-0.2, -0.15) is 0 Å². The maximum absolute atomic E-state index is 11.5. The van der Waals surface area contributed by atoms with Gasteiger partial charge in [-0.25, -0.2) is 0 Å². The van der Waals surface area contributed by atoms with Crippen molar-refractivity contribution < 1.29 is 9.90 Å². The Hall–Kier alpha value is -0.370. The lowest BCUT2D eigenvalue weighted by Gasteiger charge is -2.10. The maximum atomic E-state index is 11.5. The van der Waals surface area contributed by atoms with Gasteiger partial charge in [0.05, 0.1) is 6.10 Å². The molecule has 0 bridgehead atoms. The average Bonchev–Trinajstić information content (AvgIpc) is 2.28. The summed E-state index contributed by atoms with van der Waals surface area (Å²) in [5.74, 6) is 0.344. The van der Waals surface area contributed by atoms with Gasteiger partial charge in [-0.05, 0) is 19.3 Å². The molecule has 1 atom stereocenters. The Morgan fingerprint density at radius 2 is 1.31 bits per heavy atom. The van der Waals surface area contributed by atoms with E-state index in [2.05, 4.69) is 0 Å². The van der Waals surface area contributed by atoms with Crippen LogP contribution in [0.25, 0.3) is 0 Å². The Bertz CT molecular complexity index is 189. The molecular weight excluding hydrogens is 200 g/mol. The number of aliphatic hydroxyl groups is 1. The molecular formula is C14H26O2. The third-order valence-corrected chi connectivity index (χ3v) is 3.50. The predicted octanol–water partition coefficient (Wildman–Crippen LogP) is 3.61. The molecule has 0 aliphatic heterocycles. The summed E-state index contributed by atoms with van der Waals surface area (Å²) in [6.07, 6.45) is 12.5. The summed E-state index contributed by atoms with van der Waals surface area (Å²) >= 11 is 0. The molecule has 0 spiro atoms. The average molecular weight is 226 g/mol. The fourth-order valence-electron chi connectivity index (χ4n) is 2.36. The van der Waals surface area contributed by atoms with Crippen molar-refractivity contribution >= 4 is 5.78 Å². The number of ketones is 1. The normalized spacial score (nSPS) is 27.3. The lowest BCUT2D eigenvalue weighted by Crippen LogP contribution is -2.10. The number of Topliss-reactive ketones (excluding diaryl/α,β-unsaturated/α-hetero) is 1. The zero-order chi connectivity index (χ0) is 11.6. The molecule has 0 amide bonds. The number of rotatable bonds is 0. The molecule has 1 rings (SSSR count). The van der Waals surface area contributed by atoms with E-state index in [-0.39, 0.29) is 6.10 Å². The first-order chi connectivity index (χ1) is 7.79. The number of hydrogen-bond donors (Lipinski definition) is 1. The summed E-state index contributed by atoms with van der Waals surface area (Å²) in [4.78, 5) is 11.5. The van der Waals surface area contributed by atoms with Gasteiger partial charge in [0.25, 0.3) is 0 Å². The molecule has 0 radical (unpaired) electrons. The SMILES string of the molecule is O=C1CCCCCCCCCCC(O)CC1. The molecule has 1 saturated carbocycles. The van der Waals surface area contributed by atoms with Gasteiger partial charge in [-0.1, -0.05) is 44.9 Å². The number of aliphatic hydroxyl groups excluding tert-OH is 1. The van der Waals surface area contributed by atoms with E-state index >= 15 is 0 Å². The van der Waals surface area contributed by atoms with Crippen LogP contribution in [0.1, 0.15) is 77.0 Å². The molecule has 94 valence electrons. The van der Waals surface area contributed by atoms with Crippen LogP contribution in [-0.4, -0.2) is 17.0 Å². The van der Waals surface area contributed by atoms with E-state index in [4.69, 9.17) is 0 Å². The highest BCUT2D eigenvalue weighted by Crippen LogP contribution is 2.15. The number of carbonyl (C=O) groups is 1. The van der Waals surface area contributed by atoms with Crippen molar-refractivity contribution in [2.24, 2.45) is 0 Å². The van der Waals surface area contributed by atoms with Crippen molar-refractivity contribution in [3.05, 3.63) is 0 Å². The van der Waals surface area contributed by atoms with Gasteiger partial charge in [0.1, 0.15) is 5.78 Å². The summed E-state index contributed by atoms with van der Waals surface area (Å²) in [5, 5.41) is 9.68. The van der Waals surface area contributed by atoms with Crippen LogP contribution in [0.3, 0.4) is 0 Å². The smallest absolute Gasteiger partial charge is 0.133 e. The summed E-state index contributed by atoms with van der Waals surface area (Å²) < 4.78 is 0. The van der Waals surface area contributed by atoms with Crippen LogP contribution < -0.4 is 0 Å². The van der Waals surface area contributed by atoms with E-state index in [0.29, 0.717) is 18.6 Å². The highest BCUT2D eigenvalue weighted by molar-refractivity contribution is 5.78. The van der Waals surface area contributed by atoms with E-state index < -0.39 is 0 Å². The molecule has 1 N–H and O–H groups in total. The zero-order valence-electron chi connectivity index (χ0n) is 10.4. The Labute approximate surface area is 99.4 Å². The first-order valence-electron chi connectivity index (χ1n) is 6.99. The second kappa shape index (κ2) is 8.74. The molecule has 0 aromatic carbocycles. The van der Waals surface area contributed by atoms with Gasteiger partial charge in [-0.3, -0.25) is 4.79 Å². The van der Waals surface area contributed by atoms with Crippen LogP contribution >= 0.6 is 0 Å². The van der Waals surface area contributed by atoms with Gasteiger partial charge >= 0.3 is 0 Å². The molecule has 2 nitrogen and oxygen atoms in total. The highest BCUT2D eigenvalue weighted by atomic mass is 16.3. The second-order valence-corrected chi connectivity index (χ2v) is 5.10. The summed E-state index contributed by atoms with van der Waals surface area (Å²) in [5.41, 5.74) is 0. The molecule has 1 fully saturated rings. The van der Waals surface area contributed by atoms with Crippen LogP contribution in [-0.2, 0) is 4.79 Å². The molecule has 0 aromatic rings. The summed E-state index contributed by atoms with van der Waals surface area (Å²) in [7, 11) is 0. The second-order valence-electron chi connectivity index (χ2n) is 5.10. The quantitative estimate of drug-likeness (QED) is 0.685. The topological polar surface area (TPSA) is 37.3 Å². The largest absolute Gasteiger partial charge is 0.393 e. The maximum Gasteiger partial charge on any atom is 0.133 e. The fourth-order valence-corrected chi connectivity index (χ4v) is 2.36. The minimum absolute atomic E-state index is 0.244. The van der Waals surface area contributed by atoms with E-state index in [1.165, 1.54) is 38.5 Å². The highest BCUT2D eigenvalue weighted by Gasteiger charge is 2.08. The van der Waals surface area contributed by atoms with Crippen LogP contribution in [0.15, 0.2) is 0 Å². The van der Waals surface area contributed by atoms with Crippen molar-refractivity contribution in [1.29, 1.82) is 0 Å². The minimum atomic E-state index is -0.244. The Morgan fingerprint density at radius 3 is 2.00 bits per heavy atom. The van der Waals surface area contributed by atoms with Crippen molar-refractivity contribution in [2.75, 3.05) is 0 Å². The fraction of sp³-hybridized carbons (Fsp3) is 0.929. The first-order valence-corrected chi connectivity index (χ1v) is 6.99. The monoisotopic (exact) mass is 226 g/mol. The minimum Gasteiger partial charge on any atom is -0.393 e. The summed E-state index contributed by atoms with van der Waals surface area (Å²) in [6, 6.07) is 0. The van der Waals surface area contributed by atoms with E-state index in [9.17, 15) is 9.90 Å². The molecule has 1 aliphatic carbocycles. The Kier molecular flexibility index (Phi) is 7.48. The molecule has 1 aliphatic rings. The van der Waals surface area contributed by atoms with Gasteiger partial charge in [0, 0.05) is 12.8 Å². The van der Waals surface area contributed by atoms with Crippen molar-refractivity contribution in [1.82, 2.24) is 0 Å². The van der Waals surface area contributed by atoms with Gasteiger partial charge < -0.3 is 5.11 Å². The number of carbonyl (C=O) groups excluding carboxylic acids is 1.